The van der Waals surface area contributed by atoms with E-state index in [4.69, 9.17) is 16.7 Å². The Morgan fingerprint density at radius 2 is 2.05 bits per heavy atom. The Labute approximate surface area is 118 Å². The van der Waals surface area contributed by atoms with Crippen molar-refractivity contribution >= 4 is 17.6 Å². The van der Waals surface area contributed by atoms with Gasteiger partial charge >= 0.3 is 5.97 Å². The Balaban J connectivity index is 1.71. The Morgan fingerprint density at radius 1 is 1.32 bits per heavy atom. The molecule has 4 heteroatoms. The van der Waals surface area contributed by atoms with E-state index in [1.54, 1.807) is 12.1 Å². The second-order valence-electron chi connectivity index (χ2n) is 5.72. The van der Waals surface area contributed by atoms with Gasteiger partial charge in [-0.2, -0.15) is 0 Å². The van der Waals surface area contributed by atoms with Crippen LogP contribution in [0, 0.1) is 5.92 Å². The standard InChI is InChI=1S/C15H18ClNO2/c16-14-7-11(15(18)19)3-4-12(14)9-17(13-5-6-13)8-10-1-2-10/h3-4,7,10,13H,1-2,5-6,8-9H2,(H,18,19). The highest BCUT2D eigenvalue weighted by Crippen LogP contribution is 2.36. The molecule has 0 amide bonds. The first-order valence-corrected chi connectivity index (χ1v) is 7.27. The van der Waals surface area contributed by atoms with Gasteiger partial charge in [-0.25, -0.2) is 4.79 Å². The molecule has 0 bridgehead atoms. The highest BCUT2D eigenvalue weighted by Gasteiger charge is 2.33. The SMILES string of the molecule is O=C(O)c1ccc(CN(CC2CC2)C2CC2)c(Cl)c1. The molecule has 2 fully saturated rings. The van der Waals surface area contributed by atoms with Gasteiger partial charge in [-0.3, -0.25) is 4.90 Å². The van der Waals surface area contributed by atoms with Crippen molar-refractivity contribution in [1.29, 1.82) is 0 Å². The average molecular weight is 280 g/mol. The number of aromatic carboxylic acids is 1. The summed E-state index contributed by atoms with van der Waals surface area (Å²) in [6, 6.07) is 5.78. The third-order valence-electron chi connectivity index (χ3n) is 3.93. The highest BCUT2D eigenvalue weighted by atomic mass is 35.5. The number of carboxylic acid groups (broad SMARTS) is 1. The van der Waals surface area contributed by atoms with E-state index in [1.165, 1.54) is 32.2 Å². The maximum atomic E-state index is 10.9. The van der Waals surface area contributed by atoms with Crippen LogP contribution in [0.15, 0.2) is 18.2 Å². The molecule has 2 saturated carbocycles. The molecule has 0 radical (unpaired) electrons. The van der Waals surface area contributed by atoms with Crippen LogP contribution in [0.4, 0.5) is 0 Å². The fourth-order valence-corrected chi connectivity index (χ4v) is 2.68. The van der Waals surface area contributed by atoms with Crippen LogP contribution in [0.1, 0.15) is 41.6 Å². The fraction of sp³-hybridized carbons (Fsp3) is 0.533. The minimum atomic E-state index is -0.925. The number of carbonyl (C=O) groups is 1. The molecule has 0 aromatic heterocycles. The normalized spacial score (nSPS) is 18.8. The predicted molar refractivity (Wildman–Crippen MR) is 74.6 cm³/mol. The zero-order chi connectivity index (χ0) is 13.4. The predicted octanol–water partition coefficient (Wildman–Crippen LogP) is 3.41. The maximum Gasteiger partial charge on any atom is 0.335 e. The van der Waals surface area contributed by atoms with Crippen LogP contribution in [0.5, 0.6) is 0 Å². The summed E-state index contributed by atoms with van der Waals surface area (Å²) in [5.74, 6) is -0.0526. The summed E-state index contributed by atoms with van der Waals surface area (Å²) in [6.45, 7) is 2.02. The zero-order valence-corrected chi connectivity index (χ0v) is 11.6. The number of carboxylic acids is 1. The lowest BCUT2D eigenvalue weighted by atomic mass is 10.1. The molecule has 0 saturated heterocycles. The molecule has 1 aromatic rings. The fourth-order valence-electron chi connectivity index (χ4n) is 2.44. The third-order valence-corrected chi connectivity index (χ3v) is 4.28. The molecule has 102 valence electrons. The number of rotatable bonds is 6. The molecular formula is C15H18ClNO2. The van der Waals surface area contributed by atoms with E-state index in [-0.39, 0.29) is 5.56 Å². The molecule has 0 atom stereocenters. The largest absolute Gasteiger partial charge is 0.478 e. The summed E-state index contributed by atoms with van der Waals surface area (Å²) in [7, 11) is 0. The summed E-state index contributed by atoms with van der Waals surface area (Å²) in [5, 5.41) is 9.51. The molecule has 2 aliphatic rings. The zero-order valence-electron chi connectivity index (χ0n) is 10.8. The Morgan fingerprint density at radius 3 is 2.58 bits per heavy atom. The van der Waals surface area contributed by atoms with E-state index in [2.05, 4.69) is 4.90 Å². The van der Waals surface area contributed by atoms with Crippen molar-refractivity contribution in [2.24, 2.45) is 5.92 Å². The van der Waals surface area contributed by atoms with Gasteiger partial charge in [0.05, 0.1) is 5.56 Å². The van der Waals surface area contributed by atoms with Gasteiger partial charge in [0.2, 0.25) is 0 Å². The summed E-state index contributed by atoms with van der Waals surface area (Å²) < 4.78 is 0. The van der Waals surface area contributed by atoms with Crippen LogP contribution in [0.2, 0.25) is 5.02 Å². The van der Waals surface area contributed by atoms with Crippen LogP contribution in [-0.4, -0.2) is 28.6 Å². The van der Waals surface area contributed by atoms with Crippen molar-refractivity contribution < 1.29 is 9.90 Å². The molecule has 0 aliphatic heterocycles. The van der Waals surface area contributed by atoms with Gasteiger partial charge in [0.1, 0.15) is 0 Å². The highest BCUT2D eigenvalue weighted by molar-refractivity contribution is 6.31. The molecule has 0 heterocycles. The van der Waals surface area contributed by atoms with Crippen molar-refractivity contribution in [3.8, 4) is 0 Å². The molecule has 3 nitrogen and oxygen atoms in total. The minimum Gasteiger partial charge on any atom is -0.478 e. The lowest BCUT2D eigenvalue weighted by molar-refractivity contribution is 0.0697. The van der Waals surface area contributed by atoms with Gasteiger partial charge in [0.25, 0.3) is 0 Å². The maximum absolute atomic E-state index is 10.9. The minimum absolute atomic E-state index is 0.258. The first kappa shape index (κ1) is 12.9. The van der Waals surface area contributed by atoms with Crippen molar-refractivity contribution in [2.75, 3.05) is 6.54 Å². The van der Waals surface area contributed by atoms with Crippen molar-refractivity contribution in [3.63, 3.8) is 0 Å². The topological polar surface area (TPSA) is 40.5 Å². The number of nitrogens with zero attached hydrogens (tertiary/aromatic N) is 1. The summed E-state index contributed by atoms with van der Waals surface area (Å²) in [6.07, 6.45) is 5.29. The second-order valence-corrected chi connectivity index (χ2v) is 6.12. The summed E-state index contributed by atoms with van der Waals surface area (Å²) in [5.41, 5.74) is 1.30. The molecule has 19 heavy (non-hydrogen) atoms. The van der Waals surface area contributed by atoms with Crippen molar-refractivity contribution in [1.82, 2.24) is 4.90 Å². The van der Waals surface area contributed by atoms with Crippen molar-refractivity contribution in [3.05, 3.63) is 34.3 Å². The van der Waals surface area contributed by atoms with Gasteiger partial charge in [0, 0.05) is 24.2 Å². The quantitative estimate of drug-likeness (QED) is 0.867. The number of halogens is 1. The van der Waals surface area contributed by atoms with E-state index in [9.17, 15) is 4.79 Å². The van der Waals surface area contributed by atoms with E-state index < -0.39 is 5.97 Å². The second kappa shape index (κ2) is 5.14. The molecule has 0 unspecified atom stereocenters. The molecule has 2 aliphatic carbocycles. The van der Waals surface area contributed by atoms with E-state index >= 15 is 0 Å². The third kappa shape index (κ3) is 3.28. The van der Waals surface area contributed by atoms with Gasteiger partial charge in [-0.05, 0) is 49.3 Å². The first-order chi connectivity index (χ1) is 9.13. The van der Waals surface area contributed by atoms with Gasteiger partial charge in [0.15, 0.2) is 0 Å². The van der Waals surface area contributed by atoms with Gasteiger partial charge < -0.3 is 5.11 Å². The van der Waals surface area contributed by atoms with Gasteiger partial charge in [-0.15, -0.1) is 0 Å². The summed E-state index contributed by atoms with van der Waals surface area (Å²) >= 11 is 6.20. The van der Waals surface area contributed by atoms with Crippen LogP contribution >= 0.6 is 11.6 Å². The van der Waals surface area contributed by atoms with Crippen LogP contribution in [-0.2, 0) is 6.54 Å². The van der Waals surface area contributed by atoms with Crippen LogP contribution < -0.4 is 0 Å². The van der Waals surface area contributed by atoms with Crippen LogP contribution in [0.3, 0.4) is 0 Å². The molecule has 3 rings (SSSR count). The lowest BCUT2D eigenvalue weighted by Crippen LogP contribution is -2.28. The number of benzene rings is 1. The van der Waals surface area contributed by atoms with Crippen molar-refractivity contribution in [2.45, 2.75) is 38.3 Å². The monoisotopic (exact) mass is 279 g/mol. The average Bonchev–Trinajstić information content (AvgIpc) is 3.24. The number of hydrogen-bond acceptors (Lipinski definition) is 2. The number of hydrogen-bond donors (Lipinski definition) is 1. The Bertz CT molecular complexity index is 495. The Hall–Kier alpha value is -1.06. The molecule has 0 spiro atoms. The van der Waals surface area contributed by atoms with E-state index in [0.717, 1.165) is 24.1 Å². The first-order valence-electron chi connectivity index (χ1n) is 6.89. The van der Waals surface area contributed by atoms with Gasteiger partial charge in [-0.1, -0.05) is 17.7 Å². The van der Waals surface area contributed by atoms with E-state index in [1.807, 2.05) is 6.07 Å². The molecule has 1 aromatic carbocycles. The molecule has 1 N–H and O–H groups in total. The van der Waals surface area contributed by atoms with E-state index in [0.29, 0.717) is 5.02 Å². The smallest absolute Gasteiger partial charge is 0.335 e. The Kier molecular flexibility index (Phi) is 3.50. The molecular weight excluding hydrogens is 262 g/mol. The lowest BCUT2D eigenvalue weighted by Gasteiger charge is -2.22. The summed E-state index contributed by atoms with van der Waals surface area (Å²) in [4.78, 5) is 13.4. The van der Waals surface area contributed by atoms with Crippen LogP contribution in [0.25, 0.3) is 0 Å².